The van der Waals surface area contributed by atoms with Crippen LogP contribution in [0.25, 0.3) is 10.9 Å². The molecule has 2 fully saturated rings. The van der Waals surface area contributed by atoms with E-state index in [0.717, 1.165) is 48.5 Å². The molecule has 0 radical (unpaired) electrons. The van der Waals surface area contributed by atoms with Crippen LogP contribution < -0.4 is 15.1 Å². The second kappa shape index (κ2) is 8.59. The minimum atomic E-state index is -0.585. The molecule has 1 atom stereocenters. The zero-order chi connectivity index (χ0) is 23.0. The summed E-state index contributed by atoms with van der Waals surface area (Å²) in [6, 6.07) is 12.3. The average molecular weight is 447 g/mol. The normalized spacial score (nSPS) is 18.9. The number of nitrogens with one attached hydrogen (secondary N) is 1. The molecule has 2 aliphatic rings. The first-order chi connectivity index (χ1) is 15.9. The number of nitrogens with zero attached hydrogens (tertiary/aromatic N) is 5. The van der Waals surface area contributed by atoms with Crippen molar-refractivity contribution in [2.24, 2.45) is 0 Å². The monoisotopic (exact) mass is 446 g/mol. The summed E-state index contributed by atoms with van der Waals surface area (Å²) in [5.74, 6) is 1.73. The molecule has 2 saturated heterocycles. The van der Waals surface area contributed by atoms with Crippen molar-refractivity contribution in [2.45, 2.75) is 44.8 Å². The summed E-state index contributed by atoms with van der Waals surface area (Å²) in [6.45, 7) is 8.79. The summed E-state index contributed by atoms with van der Waals surface area (Å²) < 4.78 is 5.76. The highest BCUT2D eigenvalue weighted by molar-refractivity contribution is 5.88. The Kier molecular flexibility index (Phi) is 5.62. The first kappa shape index (κ1) is 21.6. The van der Waals surface area contributed by atoms with Gasteiger partial charge in [-0.1, -0.05) is 18.2 Å². The lowest BCUT2D eigenvalue weighted by molar-refractivity contribution is 0.0566. The van der Waals surface area contributed by atoms with Crippen molar-refractivity contribution in [3.8, 4) is 0 Å². The van der Waals surface area contributed by atoms with Gasteiger partial charge in [0, 0.05) is 43.3 Å². The number of ether oxygens (including phenoxy) is 1. The van der Waals surface area contributed by atoms with E-state index in [9.17, 15) is 4.79 Å². The first-order valence-corrected chi connectivity index (χ1v) is 11.5. The molecule has 0 saturated carbocycles. The van der Waals surface area contributed by atoms with Gasteiger partial charge in [-0.25, -0.2) is 14.8 Å². The van der Waals surface area contributed by atoms with E-state index in [1.54, 1.807) is 17.3 Å². The largest absolute Gasteiger partial charge is 0.443 e. The van der Waals surface area contributed by atoms with Gasteiger partial charge in [-0.05, 0) is 51.9 Å². The van der Waals surface area contributed by atoms with Crippen molar-refractivity contribution in [1.82, 2.24) is 20.3 Å². The Labute approximate surface area is 194 Å². The molecule has 33 heavy (non-hydrogen) atoms. The molecule has 0 aliphatic carbocycles. The van der Waals surface area contributed by atoms with Gasteiger partial charge in [0.05, 0.1) is 17.3 Å². The molecule has 172 valence electrons. The number of benzene rings is 1. The van der Waals surface area contributed by atoms with Crippen LogP contribution in [0.3, 0.4) is 0 Å². The fourth-order valence-electron chi connectivity index (χ4n) is 4.46. The molecular formula is C25H30N6O2. The predicted molar refractivity (Wildman–Crippen MR) is 129 cm³/mol. The molecule has 5 rings (SSSR count). The van der Waals surface area contributed by atoms with Crippen molar-refractivity contribution in [1.29, 1.82) is 0 Å². The number of anilines is 2. The van der Waals surface area contributed by atoms with E-state index < -0.39 is 5.60 Å². The van der Waals surface area contributed by atoms with E-state index in [1.165, 1.54) is 0 Å². The molecule has 1 N–H and O–H groups in total. The van der Waals surface area contributed by atoms with Gasteiger partial charge in [-0.15, -0.1) is 0 Å². The number of pyridine rings is 1. The topological polar surface area (TPSA) is 83.5 Å². The molecule has 2 aliphatic heterocycles. The number of aromatic nitrogens is 3. The highest BCUT2D eigenvalue weighted by Gasteiger charge is 2.38. The molecular weight excluding hydrogens is 416 g/mol. The Bertz CT molecular complexity index is 1150. The van der Waals surface area contributed by atoms with Crippen LogP contribution in [0.4, 0.5) is 16.4 Å². The van der Waals surface area contributed by atoms with Gasteiger partial charge in [-0.2, -0.15) is 0 Å². The molecule has 8 heteroatoms. The molecule has 4 heterocycles. The van der Waals surface area contributed by atoms with Crippen molar-refractivity contribution in [3.05, 3.63) is 54.5 Å². The Balaban J connectivity index is 1.39. The predicted octanol–water partition coefficient (Wildman–Crippen LogP) is 3.73. The molecule has 0 spiro atoms. The lowest BCUT2D eigenvalue weighted by atomic mass is 9.95. The zero-order valence-corrected chi connectivity index (χ0v) is 19.4. The quantitative estimate of drug-likeness (QED) is 0.654. The number of hydrogen-bond donors (Lipinski definition) is 1. The van der Waals surface area contributed by atoms with Crippen molar-refractivity contribution in [3.63, 3.8) is 0 Å². The number of para-hydroxylation sites is 1. The molecule has 1 aromatic carbocycles. The van der Waals surface area contributed by atoms with Crippen LogP contribution in [0.2, 0.25) is 0 Å². The second-order valence-electron chi connectivity index (χ2n) is 9.73. The zero-order valence-electron chi connectivity index (χ0n) is 19.4. The summed E-state index contributed by atoms with van der Waals surface area (Å²) >= 11 is 0. The minimum absolute atomic E-state index is 0.00589. The maximum atomic E-state index is 13.2. The molecule has 1 amide bonds. The number of hydrogen-bond acceptors (Lipinski definition) is 7. The maximum Gasteiger partial charge on any atom is 0.416 e. The maximum absolute atomic E-state index is 13.2. The third-order valence-electron chi connectivity index (χ3n) is 6.10. The van der Waals surface area contributed by atoms with E-state index in [1.807, 2.05) is 39.0 Å². The number of rotatable bonds is 4. The summed E-state index contributed by atoms with van der Waals surface area (Å²) in [4.78, 5) is 31.3. The standard InChI is InChI=1S/C25H30N6O2/c1-25(2,3)33-24(32)31(19-10-11-26-14-19)23-22(27-12-13-28-23)18-15-30(16-18)21-9-8-17-6-4-5-7-20(17)29-21/h4-9,12-13,18-19,26H,10-11,14-16H2,1-3H3/t19-/m1/s1. The lowest BCUT2D eigenvalue weighted by Gasteiger charge is -2.41. The van der Waals surface area contributed by atoms with Crippen molar-refractivity contribution in [2.75, 3.05) is 36.0 Å². The average Bonchev–Trinajstić information content (AvgIpc) is 3.27. The van der Waals surface area contributed by atoms with Crippen molar-refractivity contribution >= 4 is 28.6 Å². The number of carbonyl (C=O) groups is 1. The summed E-state index contributed by atoms with van der Waals surface area (Å²) in [5.41, 5.74) is 1.24. The van der Waals surface area contributed by atoms with E-state index in [0.29, 0.717) is 12.4 Å². The van der Waals surface area contributed by atoms with Gasteiger partial charge < -0.3 is 15.0 Å². The number of carbonyl (C=O) groups excluding carboxylic acids is 1. The first-order valence-electron chi connectivity index (χ1n) is 11.5. The Morgan fingerprint density at radius 3 is 2.67 bits per heavy atom. The molecule has 8 nitrogen and oxygen atoms in total. The Morgan fingerprint density at radius 1 is 1.12 bits per heavy atom. The number of amides is 1. The van der Waals surface area contributed by atoms with Crippen LogP contribution >= 0.6 is 0 Å². The van der Waals surface area contributed by atoms with Crippen LogP contribution in [0.1, 0.15) is 38.8 Å². The molecule has 0 unspecified atom stereocenters. The lowest BCUT2D eigenvalue weighted by Crippen LogP contribution is -2.49. The Morgan fingerprint density at radius 2 is 1.91 bits per heavy atom. The summed E-state index contributed by atoms with van der Waals surface area (Å²) in [5, 5.41) is 4.48. The highest BCUT2D eigenvalue weighted by atomic mass is 16.6. The van der Waals surface area contributed by atoms with Crippen LogP contribution in [0.15, 0.2) is 48.8 Å². The van der Waals surface area contributed by atoms with Crippen LogP contribution in [-0.2, 0) is 4.74 Å². The fourth-order valence-corrected chi connectivity index (χ4v) is 4.46. The molecule has 0 bridgehead atoms. The third kappa shape index (κ3) is 4.48. The smallest absolute Gasteiger partial charge is 0.416 e. The minimum Gasteiger partial charge on any atom is -0.443 e. The fraction of sp³-hybridized carbons (Fsp3) is 0.440. The summed E-state index contributed by atoms with van der Waals surface area (Å²) in [7, 11) is 0. The number of fused-ring (bicyclic) bond motifs is 1. The van der Waals surface area contributed by atoms with Gasteiger partial charge in [0.15, 0.2) is 5.82 Å². The van der Waals surface area contributed by atoms with E-state index in [-0.39, 0.29) is 18.1 Å². The SMILES string of the molecule is CC(C)(C)OC(=O)N(c1nccnc1C1CN(c2ccc3ccccc3n2)C1)[C@@H]1CCNC1. The van der Waals surface area contributed by atoms with Crippen molar-refractivity contribution < 1.29 is 9.53 Å². The van der Waals surface area contributed by atoms with Crippen LogP contribution in [0, 0.1) is 0 Å². The summed E-state index contributed by atoms with van der Waals surface area (Å²) in [6.07, 6.45) is 3.84. The second-order valence-corrected chi connectivity index (χ2v) is 9.73. The van der Waals surface area contributed by atoms with Crippen LogP contribution in [0.5, 0.6) is 0 Å². The van der Waals surface area contributed by atoms with E-state index in [2.05, 4.69) is 38.4 Å². The van der Waals surface area contributed by atoms with Gasteiger partial charge in [0.2, 0.25) is 0 Å². The van der Waals surface area contributed by atoms with E-state index in [4.69, 9.17) is 9.72 Å². The van der Waals surface area contributed by atoms with Gasteiger partial charge in [-0.3, -0.25) is 9.88 Å². The molecule has 3 aromatic rings. The van der Waals surface area contributed by atoms with Gasteiger partial charge in [0.1, 0.15) is 11.4 Å². The highest BCUT2D eigenvalue weighted by Crippen LogP contribution is 2.35. The third-order valence-corrected chi connectivity index (χ3v) is 6.10. The van der Waals surface area contributed by atoms with Gasteiger partial charge in [0.25, 0.3) is 0 Å². The Hall–Kier alpha value is -3.26. The van der Waals surface area contributed by atoms with Gasteiger partial charge >= 0.3 is 6.09 Å². The molecule has 2 aromatic heterocycles. The van der Waals surface area contributed by atoms with E-state index >= 15 is 0 Å². The van der Waals surface area contributed by atoms with Crippen LogP contribution in [-0.4, -0.2) is 58.9 Å².